The second-order valence-electron chi connectivity index (χ2n) is 15.6. The fourth-order valence-corrected chi connectivity index (χ4v) is 9.16. The van der Waals surface area contributed by atoms with Gasteiger partial charge in [0.15, 0.2) is 0 Å². The van der Waals surface area contributed by atoms with Crippen LogP contribution in [0.1, 0.15) is 56.1 Å². The molecule has 6 aromatic carbocycles. The molecule has 0 unspecified atom stereocenters. The van der Waals surface area contributed by atoms with E-state index in [1.54, 1.807) is 0 Å². The summed E-state index contributed by atoms with van der Waals surface area (Å²) in [7, 11) is 0. The smallest absolute Gasteiger partial charge is 0.0541 e. The van der Waals surface area contributed by atoms with Crippen molar-refractivity contribution in [2.75, 3.05) is 4.90 Å². The molecular weight excluding hydrogens is 765 g/mol. The minimum Gasteiger partial charge on any atom is -0.311 e. The van der Waals surface area contributed by atoms with Gasteiger partial charge in [-0.1, -0.05) is 137 Å². The summed E-state index contributed by atoms with van der Waals surface area (Å²) < 4.78 is 7.00. The molecule has 308 valence electrons. The van der Waals surface area contributed by atoms with Gasteiger partial charge in [-0.15, -0.1) is 0 Å². The highest BCUT2D eigenvalue weighted by Crippen LogP contribution is 2.38. The zero-order valence-electron chi connectivity index (χ0n) is 36.4. The van der Waals surface area contributed by atoms with E-state index in [0.29, 0.717) is 0 Å². The van der Waals surface area contributed by atoms with Crippen LogP contribution in [0.4, 0.5) is 11.4 Å². The molecule has 0 spiro atoms. The van der Waals surface area contributed by atoms with Crippen molar-refractivity contribution in [2.45, 2.75) is 33.6 Å². The van der Waals surface area contributed by atoms with Gasteiger partial charge in [0.25, 0.3) is 0 Å². The summed E-state index contributed by atoms with van der Waals surface area (Å²) in [6, 6.07) is 52.0. The number of rotatable bonds is 14. The van der Waals surface area contributed by atoms with Gasteiger partial charge in [0.2, 0.25) is 0 Å². The number of hydrogen-bond acceptors (Lipinski definition) is 1. The topological polar surface area (TPSA) is 18.0 Å². The van der Waals surface area contributed by atoms with Gasteiger partial charge in [-0.25, -0.2) is 0 Å². The lowest BCUT2D eigenvalue weighted by atomic mass is 10.1. The summed E-state index contributed by atoms with van der Waals surface area (Å²) >= 11 is 0. The lowest BCUT2D eigenvalue weighted by Gasteiger charge is -2.26. The van der Waals surface area contributed by atoms with Gasteiger partial charge in [0.05, 0.1) is 33.5 Å². The molecule has 0 aliphatic rings. The quantitative estimate of drug-likeness (QED) is 0.100. The largest absolute Gasteiger partial charge is 0.311 e. The van der Waals surface area contributed by atoms with Crippen LogP contribution in [0, 0.1) is 0 Å². The minimum absolute atomic E-state index is 0.832. The summed E-state index contributed by atoms with van der Waals surface area (Å²) in [6.07, 6.45) is 21.1. The number of para-hydroxylation sites is 4. The Morgan fingerprint density at radius 1 is 0.524 bits per heavy atom. The maximum absolute atomic E-state index is 4.75. The SMILES string of the molecule is C=Cc1c(C=CC)n(-c2ccc(N(C(=C)C=CC(=CCC)n3c4ccccc4c4ccccc43)c3ccc(-n4c(C=C)c(C=CCC)c5ccccc54)cc3)cc2)c2ccccc12. The Morgan fingerprint density at radius 2 is 1.02 bits per heavy atom. The molecule has 0 saturated heterocycles. The summed E-state index contributed by atoms with van der Waals surface area (Å²) in [5.74, 6) is 0. The average molecular weight is 817 g/mol. The first-order valence-corrected chi connectivity index (χ1v) is 21.9. The lowest BCUT2D eigenvalue weighted by molar-refractivity contribution is 1.10. The highest BCUT2D eigenvalue weighted by Gasteiger charge is 2.19. The highest BCUT2D eigenvalue weighted by atomic mass is 15.1. The number of aromatic nitrogens is 3. The third-order valence-electron chi connectivity index (χ3n) is 11.9. The van der Waals surface area contributed by atoms with Crippen molar-refractivity contribution < 1.29 is 0 Å². The van der Waals surface area contributed by atoms with Gasteiger partial charge in [0, 0.05) is 66.8 Å². The Morgan fingerprint density at radius 3 is 1.51 bits per heavy atom. The lowest BCUT2D eigenvalue weighted by Crippen LogP contribution is -2.14. The summed E-state index contributed by atoms with van der Waals surface area (Å²) in [5.41, 5.74) is 15.2. The second-order valence-corrected chi connectivity index (χ2v) is 15.6. The molecule has 0 bridgehead atoms. The van der Waals surface area contributed by atoms with E-state index in [9.17, 15) is 0 Å². The molecule has 0 fully saturated rings. The van der Waals surface area contributed by atoms with E-state index in [0.717, 1.165) is 75.0 Å². The Balaban J connectivity index is 1.16. The summed E-state index contributed by atoms with van der Waals surface area (Å²) in [4.78, 5) is 2.24. The van der Waals surface area contributed by atoms with Crippen LogP contribution in [-0.2, 0) is 0 Å². The van der Waals surface area contributed by atoms with Crippen LogP contribution in [0.25, 0.3) is 85.0 Å². The van der Waals surface area contributed by atoms with E-state index in [4.69, 9.17) is 6.58 Å². The van der Waals surface area contributed by atoms with Crippen LogP contribution in [-0.4, -0.2) is 13.7 Å². The Bertz CT molecular complexity index is 3240. The molecule has 0 N–H and O–H groups in total. The van der Waals surface area contributed by atoms with Crippen molar-refractivity contribution in [3.05, 3.63) is 224 Å². The van der Waals surface area contributed by atoms with Crippen LogP contribution in [0.15, 0.2) is 201 Å². The average Bonchev–Trinajstić information content (AvgIpc) is 3.95. The first kappa shape index (κ1) is 40.6. The fraction of sp³-hybridized carbons (Fsp3) is 0.0847. The van der Waals surface area contributed by atoms with Gasteiger partial charge in [0.1, 0.15) is 0 Å². The van der Waals surface area contributed by atoms with E-state index >= 15 is 0 Å². The minimum atomic E-state index is 0.832. The Kier molecular flexibility index (Phi) is 11.4. The van der Waals surface area contributed by atoms with Crippen molar-refractivity contribution in [3.63, 3.8) is 0 Å². The number of anilines is 2. The number of benzene rings is 6. The molecule has 0 radical (unpaired) electrons. The molecular formula is C59H52N4. The molecule has 3 aromatic heterocycles. The van der Waals surface area contributed by atoms with E-state index in [2.05, 4.69) is 241 Å². The van der Waals surface area contributed by atoms with Crippen molar-refractivity contribution >= 4 is 85.0 Å². The zero-order chi connectivity index (χ0) is 43.5. The summed E-state index contributed by atoms with van der Waals surface area (Å²) in [5, 5.41) is 4.85. The van der Waals surface area contributed by atoms with Crippen LogP contribution in [0.3, 0.4) is 0 Å². The highest BCUT2D eigenvalue weighted by molar-refractivity contribution is 6.10. The maximum Gasteiger partial charge on any atom is 0.0541 e. The first-order chi connectivity index (χ1) is 31.0. The monoisotopic (exact) mass is 816 g/mol. The van der Waals surface area contributed by atoms with E-state index < -0.39 is 0 Å². The molecule has 9 rings (SSSR count). The molecule has 4 heteroatoms. The zero-order valence-corrected chi connectivity index (χ0v) is 36.4. The van der Waals surface area contributed by atoms with Crippen molar-refractivity contribution in [1.29, 1.82) is 0 Å². The molecule has 9 aromatic rings. The third kappa shape index (κ3) is 7.20. The van der Waals surface area contributed by atoms with E-state index in [-0.39, 0.29) is 0 Å². The Labute approximate surface area is 371 Å². The maximum atomic E-state index is 4.75. The van der Waals surface area contributed by atoms with Gasteiger partial charge < -0.3 is 18.6 Å². The molecule has 0 aliphatic heterocycles. The van der Waals surface area contributed by atoms with Gasteiger partial charge in [-0.3, -0.25) is 0 Å². The van der Waals surface area contributed by atoms with Gasteiger partial charge in [-0.05, 0) is 117 Å². The second kappa shape index (κ2) is 17.6. The summed E-state index contributed by atoms with van der Waals surface area (Å²) in [6.45, 7) is 19.6. The first-order valence-electron chi connectivity index (χ1n) is 21.9. The number of allylic oxidation sites excluding steroid dienone is 6. The molecule has 0 saturated carbocycles. The van der Waals surface area contributed by atoms with Crippen LogP contribution >= 0.6 is 0 Å². The normalized spacial score (nSPS) is 12.3. The van der Waals surface area contributed by atoms with Crippen LogP contribution in [0.5, 0.6) is 0 Å². The molecule has 0 aliphatic carbocycles. The van der Waals surface area contributed by atoms with Gasteiger partial charge >= 0.3 is 0 Å². The molecule has 0 amide bonds. The fourth-order valence-electron chi connectivity index (χ4n) is 9.16. The number of hydrogen-bond donors (Lipinski definition) is 0. The van der Waals surface area contributed by atoms with Crippen molar-refractivity contribution in [1.82, 2.24) is 13.7 Å². The molecule has 63 heavy (non-hydrogen) atoms. The predicted octanol–water partition coefficient (Wildman–Crippen LogP) is 16.6. The standard InChI is InChI=1S/C59H52N4/c1-7-12-23-50-51-25-14-18-29-57(51)61(54(50)11-5)46-38-34-44(35-39-46)60(45-36-40-47(41-37-45)63-55(22-9-3)48(10-4)49-24-13-17-28-56(49)63)42(6)32-33-43(21-8-2)62-58-30-19-15-26-52(58)53-27-16-20-31-59(53)62/h9-41H,4-8H2,1-3H3. The third-order valence-corrected chi connectivity index (χ3v) is 11.9. The molecule has 3 heterocycles. The number of nitrogens with zero attached hydrogens (tertiary/aromatic N) is 4. The van der Waals surface area contributed by atoms with E-state index in [1.165, 1.54) is 38.1 Å². The molecule has 0 atom stereocenters. The predicted molar refractivity (Wildman–Crippen MR) is 275 cm³/mol. The number of fused-ring (bicyclic) bond motifs is 5. The van der Waals surface area contributed by atoms with E-state index in [1.807, 2.05) is 12.2 Å². The van der Waals surface area contributed by atoms with Gasteiger partial charge in [-0.2, -0.15) is 0 Å². The molecule has 4 nitrogen and oxygen atoms in total. The van der Waals surface area contributed by atoms with Crippen molar-refractivity contribution in [3.8, 4) is 11.4 Å². The van der Waals surface area contributed by atoms with Crippen LogP contribution < -0.4 is 4.90 Å². The van der Waals surface area contributed by atoms with Crippen molar-refractivity contribution in [2.24, 2.45) is 0 Å². The Hall–Kier alpha value is -7.82. The van der Waals surface area contributed by atoms with Crippen LogP contribution in [0.2, 0.25) is 0 Å².